The molecule has 0 amide bonds. The normalized spacial score (nSPS) is 27.6. The van der Waals surface area contributed by atoms with Crippen LogP contribution >= 0.6 is 0 Å². The molecule has 2 nitrogen and oxygen atoms in total. The van der Waals surface area contributed by atoms with Crippen LogP contribution in [0.25, 0.3) is 0 Å². The topological polar surface area (TPSA) is 32.3 Å². The fourth-order valence-corrected chi connectivity index (χ4v) is 3.62. The van der Waals surface area contributed by atoms with E-state index < -0.39 is 0 Å². The highest BCUT2D eigenvalue weighted by Gasteiger charge is 2.45. The third-order valence-electron chi connectivity index (χ3n) is 4.44. The van der Waals surface area contributed by atoms with Gasteiger partial charge in [0.15, 0.2) is 0 Å². The van der Waals surface area contributed by atoms with Crippen molar-refractivity contribution < 1.29 is 5.11 Å². The Balaban J connectivity index is 1.94. The van der Waals surface area contributed by atoms with Crippen molar-refractivity contribution in [2.75, 3.05) is 13.1 Å². The van der Waals surface area contributed by atoms with Crippen LogP contribution in [0.15, 0.2) is 24.3 Å². The number of rotatable bonds is 1. The van der Waals surface area contributed by atoms with Gasteiger partial charge in [0.25, 0.3) is 0 Å². The van der Waals surface area contributed by atoms with Crippen molar-refractivity contribution >= 4 is 0 Å². The molecule has 2 fully saturated rings. The summed E-state index contributed by atoms with van der Waals surface area (Å²) in [5.74, 6) is 1.000. The van der Waals surface area contributed by atoms with Crippen molar-refractivity contribution in [2.24, 2.45) is 5.41 Å². The molecule has 1 unspecified atom stereocenters. The lowest BCUT2D eigenvalue weighted by Gasteiger charge is -2.30. The highest BCUT2D eigenvalue weighted by atomic mass is 16.3. The van der Waals surface area contributed by atoms with Gasteiger partial charge in [-0.25, -0.2) is 0 Å². The third-order valence-corrected chi connectivity index (χ3v) is 4.44. The van der Waals surface area contributed by atoms with Gasteiger partial charge in [0.2, 0.25) is 0 Å². The Morgan fingerprint density at radius 2 is 2.06 bits per heavy atom. The minimum absolute atomic E-state index is 0.401. The number of nitrogens with one attached hydrogen (secondary N) is 1. The fourth-order valence-electron chi connectivity index (χ4n) is 3.62. The van der Waals surface area contributed by atoms with Gasteiger partial charge in [0.05, 0.1) is 0 Å². The van der Waals surface area contributed by atoms with Crippen LogP contribution in [0.5, 0.6) is 5.75 Å². The molecule has 0 bridgehead atoms. The lowest BCUT2D eigenvalue weighted by molar-refractivity contribution is 0.294. The minimum atomic E-state index is 0.401. The second-order valence-electron chi connectivity index (χ2n) is 5.35. The zero-order valence-electron chi connectivity index (χ0n) is 9.58. The summed E-state index contributed by atoms with van der Waals surface area (Å²) >= 11 is 0. The quantitative estimate of drug-likeness (QED) is 0.758. The number of phenols is 1. The highest BCUT2D eigenvalue weighted by Crippen LogP contribution is 2.50. The molecule has 1 heterocycles. The lowest BCUT2D eigenvalue weighted by Crippen LogP contribution is -2.25. The number of hydrogen-bond donors (Lipinski definition) is 2. The van der Waals surface area contributed by atoms with E-state index in [1.54, 1.807) is 6.07 Å². The molecule has 1 atom stereocenters. The molecule has 2 heteroatoms. The molecule has 16 heavy (non-hydrogen) atoms. The van der Waals surface area contributed by atoms with Gasteiger partial charge in [-0.3, -0.25) is 0 Å². The predicted octanol–water partition coefficient (Wildman–Crippen LogP) is 2.64. The van der Waals surface area contributed by atoms with E-state index in [0.29, 0.717) is 17.1 Å². The molecule has 2 aliphatic rings. The Kier molecular flexibility index (Phi) is 2.40. The van der Waals surface area contributed by atoms with Gasteiger partial charge in [-0.2, -0.15) is 0 Å². The van der Waals surface area contributed by atoms with Crippen molar-refractivity contribution in [1.82, 2.24) is 5.32 Å². The minimum Gasteiger partial charge on any atom is -0.508 e. The van der Waals surface area contributed by atoms with Gasteiger partial charge >= 0.3 is 0 Å². The van der Waals surface area contributed by atoms with Crippen molar-refractivity contribution in [3.63, 3.8) is 0 Å². The average molecular weight is 217 g/mol. The fraction of sp³-hybridized carbons (Fsp3) is 0.571. The van der Waals surface area contributed by atoms with E-state index >= 15 is 0 Å². The molecular formula is C14H19NO. The zero-order valence-corrected chi connectivity index (χ0v) is 9.58. The summed E-state index contributed by atoms with van der Waals surface area (Å²) < 4.78 is 0. The SMILES string of the molecule is Oc1cccc(C2CNCC23CCCC3)c1. The monoisotopic (exact) mass is 217 g/mol. The molecule has 0 aromatic heterocycles. The maximum Gasteiger partial charge on any atom is 0.115 e. The second-order valence-corrected chi connectivity index (χ2v) is 5.35. The number of benzene rings is 1. The molecule has 0 radical (unpaired) electrons. The van der Waals surface area contributed by atoms with Gasteiger partial charge < -0.3 is 10.4 Å². The zero-order chi connectivity index (χ0) is 11.0. The summed E-state index contributed by atoms with van der Waals surface area (Å²) in [5.41, 5.74) is 1.79. The van der Waals surface area contributed by atoms with Gasteiger partial charge in [0.1, 0.15) is 5.75 Å². The molecular weight excluding hydrogens is 198 g/mol. The van der Waals surface area contributed by atoms with E-state index in [2.05, 4.69) is 11.4 Å². The van der Waals surface area contributed by atoms with Crippen LogP contribution < -0.4 is 5.32 Å². The standard InChI is InChI=1S/C14H19NO/c16-12-5-3-4-11(8-12)13-9-15-10-14(13)6-1-2-7-14/h3-5,8,13,15-16H,1-2,6-7,9-10H2. The first-order valence-electron chi connectivity index (χ1n) is 6.30. The summed E-state index contributed by atoms with van der Waals surface area (Å²) in [6.07, 6.45) is 5.44. The van der Waals surface area contributed by atoms with Crippen LogP contribution in [0.3, 0.4) is 0 Å². The Hall–Kier alpha value is -1.02. The van der Waals surface area contributed by atoms with Gasteiger partial charge in [-0.05, 0) is 36.0 Å². The highest BCUT2D eigenvalue weighted by molar-refractivity contribution is 5.32. The van der Waals surface area contributed by atoms with Crippen molar-refractivity contribution in [1.29, 1.82) is 0 Å². The largest absolute Gasteiger partial charge is 0.508 e. The number of aromatic hydroxyl groups is 1. The maximum absolute atomic E-state index is 9.58. The van der Waals surface area contributed by atoms with Crippen molar-refractivity contribution in [3.05, 3.63) is 29.8 Å². The second kappa shape index (κ2) is 3.77. The van der Waals surface area contributed by atoms with Gasteiger partial charge in [-0.1, -0.05) is 25.0 Å². The first-order chi connectivity index (χ1) is 7.80. The van der Waals surface area contributed by atoms with Crippen LogP contribution in [0.1, 0.15) is 37.2 Å². The van der Waals surface area contributed by atoms with E-state index in [1.807, 2.05) is 12.1 Å². The molecule has 1 aromatic carbocycles. The van der Waals surface area contributed by atoms with Crippen molar-refractivity contribution in [3.8, 4) is 5.75 Å². The summed E-state index contributed by atoms with van der Waals surface area (Å²) in [7, 11) is 0. The van der Waals surface area contributed by atoms with E-state index in [1.165, 1.54) is 31.2 Å². The van der Waals surface area contributed by atoms with Crippen LogP contribution in [-0.4, -0.2) is 18.2 Å². The molecule has 2 N–H and O–H groups in total. The van der Waals surface area contributed by atoms with Gasteiger partial charge in [-0.15, -0.1) is 0 Å². The molecule has 3 rings (SSSR count). The summed E-state index contributed by atoms with van der Waals surface area (Å²) in [4.78, 5) is 0. The van der Waals surface area contributed by atoms with Gasteiger partial charge in [0, 0.05) is 19.0 Å². The van der Waals surface area contributed by atoms with E-state index in [-0.39, 0.29) is 0 Å². The van der Waals surface area contributed by atoms with Crippen LogP contribution in [0.2, 0.25) is 0 Å². The Labute approximate surface area is 96.7 Å². The lowest BCUT2D eigenvalue weighted by atomic mass is 9.73. The Morgan fingerprint density at radius 3 is 2.81 bits per heavy atom. The smallest absolute Gasteiger partial charge is 0.115 e. The summed E-state index contributed by atoms with van der Waals surface area (Å²) in [6, 6.07) is 7.83. The van der Waals surface area contributed by atoms with Crippen LogP contribution in [0, 0.1) is 5.41 Å². The van der Waals surface area contributed by atoms with Crippen LogP contribution in [0.4, 0.5) is 0 Å². The van der Waals surface area contributed by atoms with Crippen molar-refractivity contribution in [2.45, 2.75) is 31.6 Å². The maximum atomic E-state index is 9.58. The molecule has 1 saturated carbocycles. The number of phenolic OH excluding ortho intramolecular Hbond substituents is 1. The summed E-state index contributed by atoms with van der Waals surface area (Å²) in [5, 5.41) is 13.1. The summed E-state index contributed by atoms with van der Waals surface area (Å²) in [6.45, 7) is 2.23. The average Bonchev–Trinajstić information content (AvgIpc) is 2.90. The van der Waals surface area contributed by atoms with E-state index in [9.17, 15) is 5.11 Å². The van der Waals surface area contributed by atoms with E-state index in [4.69, 9.17) is 0 Å². The Bertz CT molecular complexity index is 377. The molecule has 1 aliphatic carbocycles. The number of hydrogen-bond acceptors (Lipinski definition) is 2. The Morgan fingerprint density at radius 1 is 1.25 bits per heavy atom. The molecule has 1 spiro atoms. The van der Waals surface area contributed by atoms with E-state index in [0.717, 1.165) is 13.1 Å². The molecule has 1 aromatic rings. The molecule has 1 aliphatic heterocycles. The van der Waals surface area contributed by atoms with Crippen LogP contribution in [-0.2, 0) is 0 Å². The first kappa shape index (κ1) is 10.2. The predicted molar refractivity (Wildman–Crippen MR) is 64.6 cm³/mol. The molecule has 86 valence electrons. The first-order valence-corrected chi connectivity index (χ1v) is 6.30. The molecule has 1 saturated heterocycles. The third kappa shape index (κ3) is 1.52.